The van der Waals surface area contributed by atoms with Crippen molar-refractivity contribution >= 4 is 17.4 Å². The van der Waals surface area contributed by atoms with Crippen LogP contribution in [0.2, 0.25) is 5.15 Å². The third-order valence-electron chi connectivity index (χ3n) is 6.34. The molecule has 2 N–H and O–H groups in total. The molecule has 33 heavy (non-hydrogen) atoms. The van der Waals surface area contributed by atoms with Gasteiger partial charge in [-0.3, -0.25) is 0 Å². The summed E-state index contributed by atoms with van der Waals surface area (Å²) in [6.07, 6.45) is 4.45. The number of fused-ring (bicyclic) bond motifs is 7. The van der Waals surface area contributed by atoms with Crippen LogP contribution < -0.4 is 10.5 Å². The van der Waals surface area contributed by atoms with E-state index in [4.69, 9.17) is 22.1 Å². The Hall–Kier alpha value is -3.39. The smallest absolute Gasteiger partial charge is 0.166 e. The zero-order valence-electron chi connectivity index (χ0n) is 18.5. The molecule has 9 heteroatoms. The number of anilines is 1. The first-order chi connectivity index (χ1) is 16.0. The summed E-state index contributed by atoms with van der Waals surface area (Å²) in [5.74, 6) is 1.53. The molecule has 1 saturated carbocycles. The van der Waals surface area contributed by atoms with Crippen molar-refractivity contribution in [3.63, 3.8) is 0 Å². The monoisotopic (exact) mass is 461 g/mol. The maximum absolute atomic E-state index is 6.39. The van der Waals surface area contributed by atoms with Crippen LogP contribution in [0.1, 0.15) is 48.4 Å². The Morgan fingerprint density at radius 3 is 2.88 bits per heavy atom. The standard InChI is InChI=1S/C24H24ClN7O/c1-13-3-6-20-18(7-13)14(2)33-21-8-16(11-27-24(21)26)23-19(9-17-10-22(25)29-32(17)20)28-30-31(23)12-15-4-5-15/h3,6-8,10-11,14-15H,4-5,9,12H2,1-2H3,(H2,26,27). The van der Waals surface area contributed by atoms with Gasteiger partial charge in [0, 0.05) is 30.3 Å². The normalized spacial score (nSPS) is 17.2. The second-order valence-electron chi connectivity index (χ2n) is 8.99. The molecule has 168 valence electrons. The molecule has 3 aromatic heterocycles. The molecule has 1 aliphatic heterocycles. The van der Waals surface area contributed by atoms with Crippen LogP contribution in [0, 0.1) is 12.8 Å². The Kier molecular flexibility index (Phi) is 4.65. The highest BCUT2D eigenvalue weighted by Crippen LogP contribution is 2.37. The third kappa shape index (κ3) is 3.64. The maximum atomic E-state index is 6.39. The van der Waals surface area contributed by atoms with E-state index in [1.165, 1.54) is 12.8 Å². The van der Waals surface area contributed by atoms with E-state index in [0.29, 0.717) is 29.1 Å². The maximum Gasteiger partial charge on any atom is 0.166 e. The van der Waals surface area contributed by atoms with E-state index in [1.54, 1.807) is 6.20 Å². The van der Waals surface area contributed by atoms with Gasteiger partial charge in [0.2, 0.25) is 0 Å². The average Bonchev–Trinajstić information content (AvgIpc) is 3.41. The molecular weight excluding hydrogens is 438 g/mol. The van der Waals surface area contributed by atoms with Gasteiger partial charge in [-0.1, -0.05) is 34.5 Å². The molecule has 6 rings (SSSR count). The van der Waals surface area contributed by atoms with E-state index in [-0.39, 0.29) is 6.10 Å². The number of nitrogens with zero attached hydrogens (tertiary/aromatic N) is 6. The predicted octanol–water partition coefficient (Wildman–Crippen LogP) is 4.52. The SMILES string of the molecule is Cc1ccc2c(c1)C(C)Oc1cc(cnc1N)-c1c(nnn1CC1CC1)Cc1cc(Cl)nn1-2. The first-order valence-corrected chi connectivity index (χ1v) is 11.5. The van der Waals surface area contributed by atoms with Crippen molar-refractivity contribution in [1.29, 1.82) is 0 Å². The van der Waals surface area contributed by atoms with Crippen LogP contribution in [0.3, 0.4) is 0 Å². The van der Waals surface area contributed by atoms with E-state index in [1.807, 2.05) is 34.5 Å². The van der Waals surface area contributed by atoms with Crippen LogP contribution in [-0.4, -0.2) is 29.8 Å². The number of nitrogen functional groups attached to an aromatic ring is 1. The molecule has 1 atom stereocenters. The topological polar surface area (TPSA) is 96.7 Å². The minimum atomic E-state index is -0.288. The van der Waals surface area contributed by atoms with E-state index < -0.39 is 0 Å². The van der Waals surface area contributed by atoms with Gasteiger partial charge in [0.1, 0.15) is 6.10 Å². The molecule has 1 aliphatic carbocycles. The molecule has 0 spiro atoms. The average molecular weight is 462 g/mol. The first-order valence-electron chi connectivity index (χ1n) is 11.2. The van der Waals surface area contributed by atoms with Crippen molar-refractivity contribution in [3.05, 3.63) is 64.2 Å². The van der Waals surface area contributed by atoms with Crippen molar-refractivity contribution < 1.29 is 4.74 Å². The number of aryl methyl sites for hydroxylation is 1. The van der Waals surface area contributed by atoms with E-state index in [9.17, 15) is 0 Å². The Labute approximate surface area is 196 Å². The van der Waals surface area contributed by atoms with E-state index in [0.717, 1.165) is 46.0 Å². The molecule has 0 amide bonds. The first kappa shape index (κ1) is 20.2. The van der Waals surface area contributed by atoms with Crippen molar-refractivity contribution in [2.45, 2.75) is 45.8 Å². The molecule has 4 heterocycles. The van der Waals surface area contributed by atoms with Crippen LogP contribution in [0.4, 0.5) is 5.82 Å². The molecule has 0 saturated heterocycles. The molecular formula is C24H24ClN7O. The lowest BCUT2D eigenvalue weighted by molar-refractivity contribution is 0.227. The highest BCUT2D eigenvalue weighted by Gasteiger charge is 2.27. The fourth-order valence-corrected chi connectivity index (χ4v) is 4.68. The Balaban J connectivity index is 1.60. The number of benzene rings is 1. The van der Waals surface area contributed by atoms with Gasteiger partial charge in [-0.25, -0.2) is 14.3 Å². The quantitative estimate of drug-likeness (QED) is 0.471. The largest absolute Gasteiger partial charge is 0.482 e. The summed E-state index contributed by atoms with van der Waals surface area (Å²) in [5.41, 5.74) is 12.8. The summed E-state index contributed by atoms with van der Waals surface area (Å²) < 4.78 is 10.2. The van der Waals surface area contributed by atoms with Crippen molar-refractivity contribution in [3.8, 4) is 22.7 Å². The Morgan fingerprint density at radius 1 is 1.21 bits per heavy atom. The van der Waals surface area contributed by atoms with Gasteiger partial charge in [-0.15, -0.1) is 5.10 Å². The molecule has 4 aromatic rings. The zero-order valence-corrected chi connectivity index (χ0v) is 19.3. The minimum absolute atomic E-state index is 0.288. The molecule has 0 radical (unpaired) electrons. The van der Waals surface area contributed by atoms with Crippen LogP contribution in [0.15, 0.2) is 36.5 Å². The number of rotatable bonds is 2. The van der Waals surface area contributed by atoms with Crippen LogP contribution in [0.5, 0.6) is 5.75 Å². The molecule has 1 unspecified atom stereocenters. The lowest BCUT2D eigenvalue weighted by Gasteiger charge is -2.22. The van der Waals surface area contributed by atoms with E-state index in [2.05, 4.69) is 39.5 Å². The second-order valence-corrected chi connectivity index (χ2v) is 9.37. The van der Waals surface area contributed by atoms with Crippen molar-refractivity contribution in [1.82, 2.24) is 29.8 Å². The summed E-state index contributed by atoms with van der Waals surface area (Å²) in [6, 6.07) is 10.1. The van der Waals surface area contributed by atoms with Crippen LogP contribution >= 0.6 is 11.6 Å². The van der Waals surface area contributed by atoms with Crippen molar-refractivity contribution in [2.75, 3.05) is 5.73 Å². The van der Waals surface area contributed by atoms with Crippen LogP contribution in [-0.2, 0) is 13.0 Å². The highest BCUT2D eigenvalue weighted by molar-refractivity contribution is 6.29. The number of pyridine rings is 1. The lowest BCUT2D eigenvalue weighted by Crippen LogP contribution is -2.14. The summed E-state index contributed by atoms with van der Waals surface area (Å²) in [6.45, 7) is 4.90. The summed E-state index contributed by atoms with van der Waals surface area (Å²) in [5, 5.41) is 14.1. The van der Waals surface area contributed by atoms with Crippen molar-refractivity contribution in [2.24, 2.45) is 5.92 Å². The van der Waals surface area contributed by atoms with Gasteiger partial charge < -0.3 is 10.5 Å². The van der Waals surface area contributed by atoms with Gasteiger partial charge in [0.05, 0.1) is 22.8 Å². The summed E-state index contributed by atoms with van der Waals surface area (Å²) >= 11 is 6.39. The number of hydrogen-bond acceptors (Lipinski definition) is 6. The third-order valence-corrected chi connectivity index (χ3v) is 6.53. The van der Waals surface area contributed by atoms with Crippen LogP contribution in [0.25, 0.3) is 16.9 Å². The molecule has 1 fully saturated rings. The number of nitrogens with two attached hydrogens (primary N) is 1. The fourth-order valence-electron chi connectivity index (χ4n) is 4.48. The molecule has 2 bridgehead atoms. The molecule has 2 aliphatic rings. The zero-order chi connectivity index (χ0) is 22.7. The fraction of sp³-hybridized carbons (Fsp3) is 0.333. The predicted molar refractivity (Wildman–Crippen MR) is 126 cm³/mol. The highest BCUT2D eigenvalue weighted by atomic mass is 35.5. The number of aromatic nitrogens is 6. The Morgan fingerprint density at radius 2 is 2.06 bits per heavy atom. The van der Waals surface area contributed by atoms with Gasteiger partial charge in [0.15, 0.2) is 16.7 Å². The van der Waals surface area contributed by atoms with Gasteiger partial charge in [-0.05, 0) is 50.8 Å². The van der Waals surface area contributed by atoms with E-state index >= 15 is 0 Å². The summed E-state index contributed by atoms with van der Waals surface area (Å²) in [4.78, 5) is 4.44. The number of ether oxygens (including phenoxy) is 1. The summed E-state index contributed by atoms with van der Waals surface area (Å²) in [7, 11) is 0. The van der Waals surface area contributed by atoms with Gasteiger partial charge >= 0.3 is 0 Å². The second kappa shape index (κ2) is 7.59. The lowest BCUT2D eigenvalue weighted by atomic mass is 10.0. The molecule has 1 aromatic carbocycles. The van der Waals surface area contributed by atoms with Gasteiger partial charge in [-0.2, -0.15) is 5.10 Å². The minimum Gasteiger partial charge on any atom is -0.482 e. The Bertz CT molecular complexity index is 1370. The number of halogens is 1. The number of hydrogen-bond donors (Lipinski definition) is 1. The molecule has 8 nitrogen and oxygen atoms in total. The van der Waals surface area contributed by atoms with Gasteiger partial charge in [0.25, 0.3) is 0 Å².